The van der Waals surface area contributed by atoms with Gasteiger partial charge < -0.3 is 9.64 Å². The zero-order valence-electron chi connectivity index (χ0n) is 13.3. The molecule has 1 fully saturated rings. The third kappa shape index (κ3) is 2.86. The number of rotatable bonds is 3. The maximum atomic E-state index is 12.6. The summed E-state index contributed by atoms with van der Waals surface area (Å²) in [5.74, 6) is 0. The number of sulfonamides is 1. The van der Waals surface area contributed by atoms with Crippen molar-refractivity contribution in [2.75, 3.05) is 24.7 Å². The van der Waals surface area contributed by atoms with Crippen LogP contribution in [0.15, 0.2) is 46.0 Å². The second-order valence-corrected chi connectivity index (χ2v) is 9.26. The van der Waals surface area contributed by atoms with Gasteiger partial charge in [0.05, 0.1) is 6.61 Å². The van der Waals surface area contributed by atoms with Crippen LogP contribution in [0, 0.1) is 0 Å². The Bertz CT molecular complexity index is 797. The Morgan fingerprint density at radius 1 is 1.08 bits per heavy atom. The van der Waals surface area contributed by atoms with Gasteiger partial charge in [-0.1, -0.05) is 24.3 Å². The van der Waals surface area contributed by atoms with Crippen molar-refractivity contribution in [3.63, 3.8) is 0 Å². The first-order valence-electron chi connectivity index (χ1n) is 8.12. The van der Waals surface area contributed by atoms with E-state index in [4.69, 9.17) is 4.74 Å². The van der Waals surface area contributed by atoms with E-state index < -0.39 is 10.0 Å². The Kier molecular flexibility index (Phi) is 4.34. The molecule has 0 atom stereocenters. The summed E-state index contributed by atoms with van der Waals surface area (Å²) in [6, 6.07) is 12.1. The van der Waals surface area contributed by atoms with Gasteiger partial charge in [0.15, 0.2) is 0 Å². The summed E-state index contributed by atoms with van der Waals surface area (Å²) in [6.07, 6.45) is 1.64. The molecular formula is C17H20N2O3S2. The second kappa shape index (κ2) is 6.48. The number of para-hydroxylation sites is 1. The number of nitrogens with zero attached hydrogens (tertiary/aromatic N) is 2. The first-order chi connectivity index (χ1) is 11.7. The van der Waals surface area contributed by atoms with E-state index in [1.165, 1.54) is 22.6 Å². The molecule has 1 aromatic heterocycles. The third-order valence-corrected chi connectivity index (χ3v) is 8.01. The summed E-state index contributed by atoms with van der Waals surface area (Å²) < 4.78 is 33.0. The first kappa shape index (κ1) is 16.1. The van der Waals surface area contributed by atoms with E-state index in [9.17, 15) is 8.42 Å². The number of hydrogen-bond donors (Lipinski definition) is 0. The number of piperidine rings is 1. The molecule has 128 valence electrons. The van der Waals surface area contributed by atoms with E-state index >= 15 is 0 Å². The van der Waals surface area contributed by atoms with E-state index in [0.717, 1.165) is 12.8 Å². The number of ether oxygens (including phenoxy) is 1. The minimum Gasteiger partial charge on any atom is -0.356 e. The normalized spacial score (nSPS) is 20.1. The molecule has 2 aromatic rings. The number of fused-ring (bicyclic) bond motifs is 1. The van der Waals surface area contributed by atoms with Crippen molar-refractivity contribution in [2.45, 2.75) is 29.7 Å². The maximum Gasteiger partial charge on any atom is 0.252 e. The van der Waals surface area contributed by atoms with Crippen molar-refractivity contribution < 1.29 is 13.2 Å². The molecule has 2 aliphatic rings. The van der Waals surface area contributed by atoms with Crippen LogP contribution in [-0.2, 0) is 21.4 Å². The van der Waals surface area contributed by atoms with E-state index in [1.54, 1.807) is 16.4 Å². The van der Waals surface area contributed by atoms with Gasteiger partial charge in [-0.15, -0.1) is 11.3 Å². The van der Waals surface area contributed by atoms with Crippen LogP contribution >= 0.6 is 11.3 Å². The van der Waals surface area contributed by atoms with Crippen molar-refractivity contribution >= 4 is 27.0 Å². The Hall–Kier alpha value is -1.41. The van der Waals surface area contributed by atoms with Gasteiger partial charge in [0.1, 0.15) is 10.9 Å². The number of anilines is 1. The summed E-state index contributed by atoms with van der Waals surface area (Å²) in [4.78, 5) is 2.29. The maximum absolute atomic E-state index is 12.6. The average Bonchev–Trinajstić information content (AvgIpc) is 3.17. The molecule has 24 heavy (non-hydrogen) atoms. The topological polar surface area (TPSA) is 49.9 Å². The molecule has 5 nitrogen and oxygen atoms in total. The molecule has 0 N–H and O–H groups in total. The quantitative estimate of drug-likeness (QED) is 0.840. The Morgan fingerprint density at radius 2 is 1.88 bits per heavy atom. The number of hydrogen-bond acceptors (Lipinski definition) is 5. The molecular weight excluding hydrogens is 344 g/mol. The molecule has 2 aliphatic heterocycles. The minimum atomic E-state index is -3.33. The van der Waals surface area contributed by atoms with Crippen LogP contribution in [0.25, 0.3) is 0 Å². The molecule has 0 amide bonds. The monoisotopic (exact) mass is 364 g/mol. The van der Waals surface area contributed by atoms with Crippen molar-refractivity contribution in [1.29, 1.82) is 0 Å². The molecule has 0 bridgehead atoms. The molecule has 3 heterocycles. The lowest BCUT2D eigenvalue weighted by atomic mass is 10.0. The standard InChI is InChI=1S/C17H20N2O3S2/c20-24(21,17-6-3-11-23-17)18-9-7-15(8-10-18)19-13-22-12-14-4-1-2-5-16(14)19/h1-6,11,15H,7-10,12-13H2. The highest BCUT2D eigenvalue weighted by atomic mass is 32.2. The van der Waals surface area contributed by atoms with Gasteiger partial charge in [0.25, 0.3) is 10.0 Å². The predicted molar refractivity (Wildman–Crippen MR) is 94.7 cm³/mol. The Morgan fingerprint density at radius 3 is 2.62 bits per heavy atom. The lowest BCUT2D eigenvalue weighted by Gasteiger charge is -2.41. The third-order valence-electron chi connectivity index (χ3n) is 4.74. The van der Waals surface area contributed by atoms with Gasteiger partial charge in [0, 0.05) is 30.4 Å². The van der Waals surface area contributed by atoms with Crippen LogP contribution in [0.5, 0.6) is 0 Å². The summed E-state index contributed by atoms with van der Waals surface area (Å²) >= 11 is 1.28. The van der Waals surface area contributed by atoms with Crippen LogP contribution in [0.3, 0.4) is 0 Å². The lowest BCUT2D eigenvalue weighted by Crippen LogP contribution is -2.48. The number of benzene rings is 1. The van der Waals surface area contributed by atoms with Crippen molar-refractivity contribution in [1.82, 2.24) is 4.31 Å². The van der Waals surface area contributed by atoms with E-state index in [0.29, 0.717) is 36.7 Å². The molecule has 0 aliphatic carbocycles. The first-order valence-corrected chi connectivity index (χ1v) is 10.4. The Labute approximate surface area is 146 Å². The fourth-order valence-corrected chi connectivity index (χ4v) is 6.08. The van der Waals surface area contributed by atoms with Gasteiger partial charge in [-0.05, 0) is 30.4 Å². The molecule has 4 rings (SSSR count). The zero-order valence-corrected chi connectivity index (χ0v) is 14.9. The van der Waals surface area contributed by atoms with E-state index in [1.807, 2.05) is 17.5 Å². The highest BCUT2D eigenvalue weighted by molar-refractivity contribution is 7.91. The van der Waals surface area contributed by atoms with Crippen LogP contribution in [0.2, 0.25) is 0 Å². The van der Waals surface area contributed by atoms with Gasteiger partial charge >= 0.3 is 0 Å². The van der Waals surface area contributed by atoms with E-state index in [2.05, 4.69) is 17.0 Å². The van der Waals surface area contributed by atoms with Gasteiger partial charge in [-0.3, -0.25) is 0 Å². The fraction of sp³-hybridized carbons (Fsp3) is 0.412. The Balaban J connectivity index is 1.48. The van der Waals surface area contributed by atoms with Gasteiger partial charge in [-0.25, -0.2) is 8.42 Å². The molecule has 1 aromatic carbocycles. The highest BCUT2D eigenvalue weighted by Gasteiger charge is 2.33. The summed E-state index contributed by atoms with van der Waals surface area (Å²) in [6.45, 7) is 2.35. The molecule has 0 unspecified atom stereocenters. The largest absolute Gasteiger partial charge is 0.356 e. The molecule has 0 spiro atoms. The van der Waals surface area contributed by atoms with Crippen molar-refractivity contribution in [3.8, 4) is 0 Å². The van der Waals surface area contributed by atoms with Crippen LogP contribution in [0.4, 0.5) is 5.69 Å². The van der Waals surface area contributed by atoms with Gasteiger partial charge in [0.2, 0.25) is 0 Å². The lowest BCUT2D eigenvalue weighted by molar-refractivity contribution is 0.0988. The van der Waals surface area contributed by atoms with Crippen molar-refractivity contribution in [3.05, 3.63) is 47.3 Å². The molecule has 0 radical (unpaired) electrons. The highest BCUT2D eigenvalue weighted by Crippen LogP contribution is 2.32. The van der Waals surface area contributed by atoms with Crippen LogP contribution < -0.4 is 4.90 Å². The number of thiophene rings is 1. The minimum absolute atomic E-state index is 0.321. The summed E-state index contributed by atoms with van der Waals surface area (Å²) in [7, 11) is -3.33. The van der Waals surface area contributed by atoms with Crippen molar-refractivity contribution in [2.24, 2.45) is 0 Å². The smallest absolute Gasteiger partial charge is 0.252 e. The molecule has 0 saturated carbocycles. The predicted octanol–water partition coefficient (Wildman–Crippen LogP) is 2.90. The summed E-state index contributed by atoms with van der Waals surface area (Å²) in [5, 5.41) is 1.81. The van der Waals surface area contributed by atoms with Gasteiger partial charge in [-0.2, -0.15) is 4.31 Å². The SMILES string of the molecule is O=S(=O)(c1cccs1)N1CCC(N2COCc3ccccc32)CC1. The second-order valence-electron chi connectivity index (χ2n) is 6.14. The van der Waals surface area contributed by atoms with Crippen LogP contribution in [0.1, 0.15) is 18.4 Å². The summed E-state index contributed by atoms with van der Waals surface area (Å²) in [5.41, 5.74) is 2.43. The van der Waals surface area contributed by atoms with E-state index in [-0.39, 0.29) is 0 Å². The zero-order chi connectivity index (χ0) is 16.6. The fourth-order valence-electron chi connectivity index (χ4n) is 3.47. The molecule has 1 saturated heterocycles. The molecule has 7 heteroatoms. The average molecular weight is 364 g/mol. The van der Waals surface area contributed by atoms with Crippen LogP contribution in [-0.4, -0.2) is 38.6 Å².